The van der Waals surface area contributed by atoms with Crippen LogP contribution in [0.5, 0.6) is 0 Å². The largest absolute Gasteiger partial charge is 0.392 e. The third kappa shape index (κ3) is 3.15. The van der Waals surface area contributed by atoms with Crippen molar-refractivity contribution in [3.8, 4) is 0 Å². The van der Waals surface area contributed by atoms with Gasteiger partial charge in [-0.05, 0) is 42.0 Å². The SMILES string of the molecule is O=C(c1cnn2ccccc12)N1CC[C@@H](Cc2ccc(CO)cc2)C1. The standard InChI is InChI=1S/C20H21N3O2/c24-14-16-6-4-15(5-7-16)11-17-8-10-22(13-17)20(25)18-12-21-23-9-2-1-3-19(18)23/h1-7,9,12,17,24H,8,10-11,13-14H2/t17-/m0/s1. The summed E-state index contributed by atoms with van der Waals surface area (Å²) in [6.45, 7) is 1.65. The predicted molar refractivity (Wildman–Crippen MR) is 95.3 cm³/mol. The summed E-state index contributed by atoms with van der Waals surface area (Å²) in [4.78, 5) is 14.8. The van der Waals surface area contributed by atoms with E-state index in [2.05, 4.69) is 17.2 Å². The molecule has 0 spiro atoms. The lowest BCUT2D eigenvalue weighted by Crippen LogP contribution is -2.28. The zero-order valence-corrected chi connectivity index (χ0v) is 14.0. The molecule has 4 rings (SSSR count). The van der Waals surface area contributed by atoms with Gasteiger partial charge in [0.2, 0.25) is 0 Å². The van der Waals surface area contributed by atoms with Crippen molar-refractivity contribution in [2.24, 2.45) is 5.92 Å². The molecule has 0 aliphatic carbocycles. The molecule has 1 fully saturated rings. The summed E-state index contributed by atoms with van der Waals surface area (Å²) in [6, 6.07) is 13.8. The molecule has 3 aromatic rings. The van der Waals surface area contributed by atoms with Crippen LogP contribution in [-0.4, -0.2) is 38.6 Å². The average Bonchev–Trinajstić information content (AvgIpc) is 3.29. The van der Waals surface area contributed by atoms with E-state index >= 15 is 0 Å². The maximum absolute atomic E-state index is 12.8. The maximum Gasteiger partial charge on any atom is 0.257 e. The number of rotatable bonds is 4. The number of aliphatic hydroxyl groups is 1. The Morgan fingerprint density at radius 3 is 2.76 bits per heavy atom. The Morgan fingerprint density at radius 1 is 1.16 bits per heavy atom. The van der Waals surface area contributed by atoms with Gasteiger partial charge in [-0.25, -0.2) is 4.52 Å². The third-order valence-corrected chi connectivity index (χ3v) is 4.96. The van der Waals surface area contributed by atoms with Crippen molar-refractivity contribution in [2.75, 3.05) is 13.1 Å². The zero-order valence-electron chi connectivity index (χ0n) is 14.0. The van der Waals surface area contributed by atoms with E-state index < -0.39 is 0 Å². The number of fused-ring (bicyclic) bond motifs is 1. The van der Waals surface area contributed by atoms with E-state index in [4.69, 9.17) is 5.11 Å². The number of pyridine rings is 1. The van der Waals surface area contributed by atoms with Crippen molar-refractivity contribution < 1.29 is 9.90 Å². The zero-order chi connectivity index (χ0) is 17.2. The fourth-order valence-corrected chi connectivity index (χ4v) is 3.57. The number of benzene rings is 1. The van der Waals surface area contributed by atoms with Gasteiger partial charge in [-0.3, -0.25) is 4.79 Å². The van der Waals surface area contributed by atoms with Crippen LogP contribution in [0.15, 0.2) is 54.9 Å². The van der Waals surface area contributed by atoms with Crippen LogP contribution in [0.4, 0.5) is 0 Å². The summed E-state index contributed by atoms with van der Waals surface area (Å²) < 4.78 is 1.74. The number of carbonyl (C=O) groups is 1. The molecule has 3 heterocycles. The normalized spacial score (nSPS) is 17.3. The third-order valence-electron chi connectivity index (χ3n) is 4.96. The van der Waals surface area contributed by atoms with Crippen LogP contribution in [-0.2, 0) is 13.0 Å². The minimum Gasteiger partial charge on any atom is -0.392 e. The van der Waals surface area contributed by atoms with Gasteiger partial charge in [0.15, 0.2) is 0 Å². The van der Waals surface area contributed by atoms with Crippen LogP contribution in [0, 0.1) is 5.92 Å². The van der Waals surface area contributed by atoms with Crippen molar-refractivity contribution in [1.29, 1.82) is 0 Å². The van der Waals surface area contributed by atoms with E-state index in [0.717, 1.165) is 37.0 Å². The van der Waals surface area contributed by atoms with E-state index in [0.29, 0.717) is 11.5 Å². The number of likely N-dealkylation sites (tertiary alicyclic amines) is 1. The van der Waals surface area contributed by atoms with Crippen LogP contribution in [0.25, 0.3) is 5.52 Å². The molecular formula is C20H21N3O2. The first kappa shape index (κ1) is 15.8. The second-order valence-electron chi connectivity index (χ2n) is 6.67. The molecule has 1 N–H and O–H groups in total. The van der Waals surface area contributed by atoms with E-state index in [-0.39, 0.29) is 12.5 Å². The quantitative estimate of drug-likeness (QED) is 0.797. The number of hydrogen-bond donors (Lipinski definition) is 1. The van der Waals surface area contributed by atoms with E-state index in [9.17, 15) is 4.79 Å². The molecule has 128 valence electrons. The molecule has 1 aromatic carbocycles. The van der Waals surface area contributed by atoms with Crippen molar-refractivity contribution in [3.63, 3.8) is 0 Å². The summed E-state index contributed by atoms with van der Waals surface area (Å²) >= 11 is 0. The number of amides is 1. The predicted octanol–water partition coefficient (Wildman–Crippen LogP) is 2.53. The summed E-state index contributed by atoms with van der Waals surface area (Å²) in [6.07, 6.45) is 5.50. The highest BCUT2D eigenvalue weighted by Gasteiger charge is 2.28. The van der Waals surface area contributed by atoms with Crippen molar-refractivity contribution in [3.05, 3.63) is 71.5 Å². The highest BCUT2D eigenvalue weighted by Crippen LogP contribution is 2.24. The second-order valence-corrected chi connectivity index (χ2v) is 6.67. The fraction of sp³-hybridized carbons (Fsp3) is 0.300. The van der Waals surface area contributed by atoms with Crippen molar-refractivity contribution in [1.82, 2.24) is 14.5 Å². The molecule has 1 aliphatic rings. The molecule has 25 heavy (non-hydrogen) atoms. The minimum atomic E-state index is 0.0688. The first-order chi connectivity index (χ1) is 12.2. The molecule has 2 aromatic heterocycles. The Hall–Kier alpha value is -2.66. The number of hydrogen-bond acceptors (Lipinski definition) is 3. The van der Waals surface area contributed by atoms with Crippen molar-refractivity contribution >= 4 is 11.4 Å². The monoisotopic (exact) mass is 335 g/mol. The lowest BCUT2D eigenvalue weighted by Gasteiger charge is -2.16. The smallest absolute Gasteiger partial charge is 0.257 e. The topological polar surface area (TPSA) is 57.8 Å². The van der Waals surface area contributed by atoms with Crippen LogP contribution >= 0.6 is 0 Å². The highest BCUT2D eigenvalue weighted by atomic mass is 16.3. The molecule has 1 atom stereocenters. The van der Waals surface area contributed by atoms with Gasteiger partial charge in [0, 0.05) is 19.3 Å². The Morgan fingerprint density at radius 2 is 1.96 bits per heavy atom. The molecule has 1 aliphatic heterocycles. The molecule has 0 unspecified atom stereocenters. The van der Waals surface area contributed by atoms with E-state index in [1.807, 2.05) is 41.4 Å². The maximum atomic E-state index is 12.8. The molecular weight excluding hydrogens is 314 g/mol. The highest BCUT2D eigenvalue weighted by molar-refractivity contribution is 6.00. The Kier molecular flexibility index (Phi) is 4.24. The first-order valence-electron chi connectivity index (χ1n) is 8.65. The van der Waals surface area contributed by atoms with Gasteiger partial charge in [0.05, 0.1) is 23.9 Å². The molecule has 5 heteroatoms. The van der Waals surface area contributed by atoms with Crippen LogP contribution < -0.4 is 0 Å². The number of nitrogens with zero attached hydrogens (tertiary/aromatic N) is 3. The van der Waals surface area contributed by atoms with Gasteiger partial charge >= 0.3 is 0 Å². The van der Waals surface area contributed by atoms with Gasteiger partial charge in [0.25, 0.3) is 5.91 Å². The van der Waals surface area contributed by atoms with Crippen LogP contribution in [0.2, 0.25) is 0 Å². The summed E-state index contributed by atoms with van der Waals surface area (Å²) in [5.74, 6) is 0.546. The average molecular weight is 335 g/mol. The lowest BCUT2D eigenvalue weighted by atomic mass is 9.98. The van der Waals surface area contributed by atoms with E-state index in [1.54, 1.807) is 10.7 Å². The number of aliphatic hydroxyl groups excluding tert-OH is 1. The van der Waals surface area contributed by atoms with Gasteiger partial charge in [-0.15, -0.1) is 0 Å². The van der Waals surface area contributed by atoms with E-state index in [1.165, 1.54) is 5.56 Å². The lowest BCUT2D eigenvalue weighted by molar-refractivity contribution is 0.0789. The van der Waals surface area contributed by atoms with Crippen LogP contribution in [0.3, 0.4) is 0 Å². The van der Waals surface area contributed by atoms with Gasteiger partial charge in [-0.2, -0.15) is 5.10 Å². The Bertz CT molecular complexity index is 885. The van der Waals surface area contributed by atoms with Crippen LogP contribution in [0.1, 0.15) is 27.9 Å². The fourth-order valence-electron chi connectivity index (χ4n) is 3.57. The molecule has 1 amide bonds. The number of carbonyl (C=O) groups excluding carboxylic acids is 1. The van der Waals surface area contributed by atoms with Gasteiger partial charge in [0.1, 0.15) is 0 Å². The van der Waals surface area contributed by atoms with Crippen molar-refractivity contribution in [2.45, 2.75) is 19.4 Å². The summed E-state index contributed by atoms with van der Waals surface area (Å²) in [7, 11) is 0. The molecule has 5 nitrogen and oxygen atoms in total. The first-order valence-corrected chi connectivity index (χ1v) is 8.65. The molecule has 0 saturated carbocycles. The summed E-state index contributed by atoms with van der Waals surface area (Å²) in [5, 5.41) is 13.4. The molecule has 0 radical (unpaired) electrons. The van der Waals surface area contributed by atoms with Gasteiger partial charge in [-0.1, -0.05) is 30.3 Å². The van der Waals surface area contributed by atoms with Gasteiger partial charge < -0.3 is 10.0 Å². The Balaban J connectivity index is 1.43. The number of aromatic nitrogens is 2. The molecule has 1 saturated heterocycles. The minimum absolute atomic E-state index is 0.0688. The molecule has 0 bridgehead atoms. The second kappa shape index (κ2) is 6.69. The summed E-state index contributed by atoms with van der Waals surface area (Å²) in [5.41, 5.74) is 3.72. The Labute approximate surface area is 146 Å².